The number of nitrogens with zero attached hydrogens (tertiary/aromatic N) is 1. The fourth-order valence-corrected chi connectivity index (χ4v) is 4.11. The smallest absolute Gasteiger partial charge is 0.238 e. The zero-order valence-corrected chi connectivity index (χ0v) is 12.5. The van der Waals surface area contributed by atoms with Crippen molar-refractivity contribution in [2.24, 2.45) is 0 Å². The van der Waals surface area contributed by atoms with Gasteiger partial charge in [-0.1, -0.05) is 0 Å². The van der Waals surface area contributed by atoms with Crippen LogP contribution in [-0.4, -0.2) is 50.4 Å². The Morgan fingerprint density at radius 1 is 1.52 bits per heavy atom. The van der Waals surface area contributed by atoms with E-state index in [1.807, 2.05) is 0 Å². The van der Waals surface area contributed by atoms with Crippen molar-refractivity contribution in [3.8, 4) is 0 Å². The molecule has 1 aromatic rings. The lowest BCUT2D eigenvalue weighted by molar-refractivity contribution is -0.117. The first-order valence-corrected chi connectivity index (χ1v) is 8.34. The molecule has 6 nitrogen and oxygen atoms in total. The molecule has 0 radical (unpaired) electrons. The number of anilines is 2. The highest BCUT2D eigenvalue weighted by atomic mass is 32.2. The van der Waals surface area contributed by atoms with Crippen molar-refractivity contribution in [2.75, 3.05) is 36.1 Å². The molecule has 1 aromatic carbocycles. The second-order valence-electron chi connectivity index (χ2n) is 5.25. The highest BCUT2D eigenvalue weighted by Crippen LogP contribution is 2.20. The van der Waals surface area contributed by atoms with Gasteiger partial charge in [-0.05, 0) is 31.7 Å². The highest BCUT2D eigenvalue weighted by Gasteiger charge is 2.31. The van der Waals surface area contributed by atoms with Crippen LogP contribution in [-0.2, 0) is 14.6 Å². The summed E-state index contributed by atoms with van der Waals surface area (Å²) in [6.07, 6.45) is 0.522. The summed E-state index contributed by atoms with van der Waals surface area (Å²) in [5, 5.41) is 2.53. The zero-order chi connectivity index (χ0) is 15.6. The molecule has 116 valence electrons. The molecular weight excluding hydrogens is 297 g/mol. The summed E-state index contributed by atoms with van der Waals surface area (Å²) in [6, 6.07) is 3.57. The highest BCUT2D eigenvalue weighted by molar-refractivity contribution is 7.91. The van der Waals surface area contributed by atoms with E-state index in [0.29, 0.717) is 6.42 Å². The number of sulfone groups is 1. The minimum atomic E-state index is -2.99. The molecule has 1 atom stereocenters. The molecule has 0 saturated carbocycles. The Kier molecular flexibility index (Phi) is 4.48. The lowest BCUT2D eigenvalue weighted by Crippen LogP contribution is -2.38. The minimum Gasteiger partial charge on any atom is -0.397 e. The van der Waals surface area contributed by atoms with E-state index >= 15 is 0 Å². The van der Waals surface area contributed by atoms with Gasteiger partial charge in [0, 0.05) is 6.04 Å². The summed E-state index contributed by atoms with van der Waals surface area (Å²) in [5.41, 5.74) is 6.14. The monoisotopic (exact) mass is 315 g/mol. The second kappa shape index (κ2) is 5.98. The molecule has 1 aliphatic heterocycles. The Hall–Kier alpha value is -1.67. The zero-order valence-electron chi connectivity index (χ0n) is 11.7. The molecule has 0 bridgehead atoms. The molecule has 8 heteroatoms. The van der Waals surface area contributed by atoms with E-state index in [1.54, 1.807) is 11.9 Å². The van der Waals surface area contributed by atoms with Crippen LogP contribution in [0.2, 0.25) is 0 Å². The Morgan fingerprint density at radius 3 is 2.86 bits per heavy atom. The third kappa shape index (κ3) is 4.15. The van der Waals surface area contributed by atoms with Crippen molar-refractivity contribution < 1.29 is 17.6 Å². The Bertz CT molecular complexity index is 648. The van der Waals surface area contributed by atoms with Crippen LogP contribution in [0.5, 0.6) is 0 Å². The van der Waals surface area contributed by atoms with Crippen molar-refractivity contribution >= 4 is 27.1 Å². The molecule has 1 aliphatic rings. The number of hydrogen-bond donors (Lipinski definition) is 2. The number of rotatable bonds is 4. The van der Waals surface area contributed by atoms with Gasteiger partial charge < -0.3 is 11.1 Å². The predicted octanol–water partition coefficient (Wildman–Crippen LogP) is 0.465. The van der Waals surface area contributed by atoms with E-state index in [-0.39, 0.29) is 41.4 Å². The number of benzene rings is 1. The van der Waals surface area contributed by atoms with Crippen LogP contribution >= 0.6 is 0 Å². The summed E-state index contributed by atoms with van der Waals surface area (Å²) in [5.74, 6) is -0.631. The molecule has 1 saturated heterocycles. The van der Waals surface area contributed by atoms with E-state index in [4.69, 9.17) is 5.73 Å². The minimum absolute atomic E-state index is 0.0239. The number of nitrogens with one attached hydrogen (secondary N) is 1. The average Bonchev–Trinajstić information content (AvgIpc) is 2.74. The van der Waals surface area contributed by atoms with Crippen molar-refractivity contribution in [3.63, 3.8) is 0 Å². The molecule has 21 heavy (non-hydrogen) atoms. The molecule has 3 N–H and O–H groups in total. The second-order valence-corrected chi connectivity index (χ2v) is 7.48. The SMILES string of the molecule is CN(CC(=O)Nc1cc(F)ccc1N)C1CCS(=O)(=O)C1. The number of nitrogen functional groups attached to an aromatic ring is 1. The quantitative estimate of drug-likeness (QED) is 0.788. The summed E-state index contributed by atoms with van der Waals surface area (Å²) >= 11 is 0. The van der Waals surface area contributed by atoms with Gasteiger partial charge in [0.05, 0.1) is 29.4 Å². The molecule has 0 spiro atoms. The maximum absolute atomic E-state index is 13.1. The van der Waals surface area contributed by atoms with E-state index in [2.05, 4.69) is 5.32 Å². The van der Waals surface area contributed by atoms with E-state index in [9.17, 15) is 17.6 Å². The maximum atomic E-state index is 13.1. The summed E-state index contributed by atoms with van der Waals surface area (Å²) in [6.45, 7) is 0.0239. The predicted molar refractivity (Wildman–Crippen MR) is 79.1 cm³/mol. The largest absolute Gasteiger partial charge is 0.397 e. The normalized spacial score (nSPS) is 20.6. The number of likely N-dealkylation sites (N-methyl/N-ethyl adjacent to an activating group) is 1. The van der Waals surface area contributed by atoms with E-state index in [0.717, 1.165) is 6.07 Å². The Morgan fingerprint density at radius 2 is 2.24 bits per heavy atom. The van der Waals surface area contributed by atoms with Crippen LogP contribution in [0.1, 0.15) is 6.42 Å². The van der Waals surface area contributed by atoms with Gasteiger partial charge >= 0.3 is 0 Å². The number of carbonyl (C=O) groups excluding carboxylic acids is 1. The van der Waals surface area contributed by atoms with Crippen molar-refractivity contribution in [1.82, 2.24) is 4.90 Å². The van der Waals surface area contributed by atoms with Crippen LogP contribution in [0.25, 0.3) is 0 Å². The van der Waals surface area contributed by atoms with Crippen LogP contribution < -0.4 is 11.1 Å². The molecule has 0 aromatic heterocycles. The van der Waals surface area contributed by atoms with Gasteiger partial charge in [0.15, 0.2) is 9.84 Å². The molecule has 1 heterocycles. The van der Waals surface area contributed by atoms with Crippen LogP contribution in [0.15, 0.2) is 18.2 Å². The average molecular weight is 315 g/mol. The first-order valence-electron chi connectivity index (χ1n) is 6.52. The molecule has 2 rings (SSSR count). The fraction of sp³-hybridized carbons (Fsp3) is 0.462. The Balaban J connectivity index is 1.94. The lowest BCUT2D eigenvalue weighted by atomic mass is 10.2. The van der Waals surface area contributed by atoms with Gasteiger partial charge in [0.1, 0.15) is 5.82 Å². The summed E-state index contributed by atoms with van der Waals surface area (Å²) < 4.78 is 35.9. The third-order valence-corrected chi connectivity index (χ3v) is 5.26. The topological polar surface area (TPSA) is 92.5 Å². The van der Waals surface area contributed by atoms with Gasteiger partial charge in [-0.15, -0.1) is 0 Å². The van der Waals surface area contributed by atoms with Crippen molar-refractivity contribution in [1.29, 1.82) is 0 Å². The fourth-order valence-electron chi connectivity index (χ4n) is 2.31. The lowest BCUT2D eigenvalue weighted by Gasteiger charge is -2.22. The number of hydrogen-bond acceptors (Lipinski definition) is 5. The first kappa shape index (κ1) is 15.7. The molecule has 1 amide bonds. The van der Waals surface area contributed by atoms with Crippen LogP contribution in [0.3, 0.4) is 0 Å². The van der Waals surface area contributed by atoms with Gasteiger partial charge in [-0.2, -0.15) is 0 Å². The van der Waals surface area contributed by atoms with Crippen LogP contribution in [0, 0.1) is 5.82 Å². The van der Waals surface area contributed by atoms with Crippen molar-refractivity contribution in [3.05, 3.63) is 24.0 Å². The van der Waals surface area contributed by atoms with Crippen molar-refractivity contribution in [2.45, 2.75) is 12.5 Å². The number of carbonyl (C=O) groups is 1. The number of nitrogens with two attached hydrogens (primary N) is 1. The number of amides is 1. The van der Waals surface area contributed by atoms with E-state index in [1.165, 1.54) is 12.1 Å². The first-order chi connectivity index (χ1) is 9.77. The standard InChI is InChI=1S/C13H18FN3O3S/c1-17(10-4-5-21(19,20)8-10)7-13(18)16-12-6-9(14)2-3-11(12)15/h2-3,6,10H,4-5,7-8,15H2,1H3,(H,16,18). The summed E-state index contributed by atoms with van der Waals surface area (Å²) in [4.78, 5) is 13.6. The maximum Gasteiger partial charge on any atom is 0.238 e. The summed E-state index contributed by atoms with van der Waals surface area (Å²) in [7, 11) is -1.30. The van der Waals surface area contributed by atoms with Gasteiger partial charge in [0.25, 0.3) is 0 Å². The molecule has 1 unspecified atom stereocenters. The van der Waals surface area contributed by atoms with Gasteiger partial charge in [0.2, 0.25) is 5.91 Å². The molecule has 1 fully saturated rings. The third-order valence-electron chi connectivity index (χ3n) is 3.51. The molecule has 0 aliphatic carbocycles. The molecular formula is C13H18FN3O3S. The van der Waals surface area contributed by atoms with Gasteiger partial charge in [-0.25, -0.2) is 12.8 Å². The van der Waals surface area contributed by atoms with E-state index < -0.39 is 15.7 Å². The Labute approximate surface area is 123 Å². The number of halogens is 1. The van der Waals surface area contributed by atoms with Gasteiger partial charge in [-0.3, -0.25) is 9.69 Å². The van der Waals surface area contributed by atoms with Crippen LogP contribution in [0.4, 0.5) is 15.8 Å².